The molecule has 1 N–H and O–H groups in total. The van der Waals surface area contributed by atoms with Crippen LogP contribution in [0.4, 0.5) is 4.39 Å². The molecule has 0 atom stereocenters. The van der Waals surface area contributed by atoms with E-state index >= 15 is 0 Å². The van der Waals surface area contributed by atoms with E-state index in [-0.39, 0.29) is 11.7 Å². The van der Waals surface area contributed by atoms with Crippen molar-refractivity contribution in [3.8, 4) is 11.3 Å². The summed E-state index contributed by atoms with van der Waals surface area (Å²) in [5.74, 6) is -0.267. The van der Waals surface area contributed by atoms with E-state index in [0.717, 1.165) is 22.4 Å². The molecule has 0 radical (unpaired) electrons. The maximum Gasteiger partial charge on any atom is 0.220 e. The summed E-state index contributed by atoms with van der Waals surface area (Å²) in [6.07, 6.45) is 6.20. The van der Waals surface area contributed by atoms with Crippen molar-refractivity contribution >= 4 is 5.91 Å². The SMILES string of the molecule is Cc1cc(CCC(=O)NCc2cncc(-c3ccnn3C)c2)ccc1F. The van der Waals surface area contributed by atoms with Crippen LogP contribution in [0.15, 0.2) is 48.9 Å². The number of hydrogen-bond donors (Lipinski definition) is 1. The topological polar surface area (TPSA) is 59.8 Å². The van der Waals surface area contributed by atoms with Gasteiger partial charge in [-0.1, -0.05) is 12.1 Å². The first-order chi connectivity index (χ1) is 12.5. The van der Waals surface area contributed by atoms with E-state index in [1.165, 1.54) is 6.07 Å². The summed E-state index contributed by atoms with van der Waals surface area (Å²) in [7, 11) is 1.88. The van der Waals surface area contributed by atoms with Crippen LogP contribution in [0.5, 0.6) is 0 Å². The highest BCUT2D eigenvalue weighted by Gasteiger charge is 2.07. The Bertz CT molecular complexity index is 920. The van der Waals surface area contributed by atoms with Gasteiger partial charge in [-0.05, 0) is 48.2 Å². The van der Waals surface area contributed by atoms with Gasteiger partial charge in [0, 0.05) is 44.2 Å². The van der Waals surface area contributed by atoms with E-state index in [1.54, 1.807) is 42.3 Å². The normalized spacial score (nSPS) is 10.7. The van der Waals surface area contributed by atoms with Crippen LogP contribution in [-0.4, -0.2) is 20.7 Å². The third-order valence-corrected chi connectivity index (χ3v) is 4.26. The number of hydrogen-bond acceptors (Lipinski definition) is 3. The molecular weight excluding hydrogens is 331 g/mol. The summed E-state index contributed by atoms with van der Waals surface area (Å²) in [5, 5.41) is 7.06. The standard InChI is InChI=1S/C20H21FN4O/c1-14-9-15(3-5-18(14)21)4-6-20(26)23-12-16-10-17(13-22-11-16)19-7-8-24-25(19)2/h3,5,7-11,13H,4,6,12H2,1-2H3,(H,23,26). The lowest BCUT2D eigenvalue weighted by molar-refractivity contribution is -0.121. The highest BCUT2D eigenvalue weighted by molar-refractivity contribution is 5.76. The largest absolute Gasteiger partial charge is 0.352 e. The van der Waals surface area contributed by atoms with Gasteiger partial charge >= 0.3 is 0 Å². The smallest absolute Gasteiger partial charge is 0.220 e. The lowest BCUT2D eigenvalue weighted by atomic mass is 10.1. The minimum absolute atomic E-state index is 0.0436. The molecule has 2 heterocycles. The zero-order valence-electron chi connectivity index (χ0n) is 14.9. The number of halogens is 1. The van der Waals surface area contributed by atoms with Gasteiger partial charge in [0.2, 0.25) is 5.91 Å². The fourth-order valence-electron chi connectivity index (χ4n) is 2.79. The van der Waals surface area contributed by atoms with E-state index < -0.39 is 0 Å². The third-order valence-electron chi connectivity index (χ3n) is 4.26. The van der Waals surface area contributed by atoms with Crippen LogP contribution in [0.1, 0.15) is 23.1 Å². The Hall–Kier alpha value is -3.02. The van der Waals surface area contributed by atoms with Gasteiger partial charge < -0.3 is 5.32 Å². The second kappa shape index (κ2) is 7.91. The molecule has 0 unspecified atom stereocenters. The van der Waals surface area contributed by atoms with Crippen molar-refractivity contribution < 1.29 is 9.18 Å². The summed E-state index contributed by atoms with van der Waals surface area (Å²) < 4.78 is 15.1. The number of benzene rings is 1. The van der Waals surface area contributed by atoms with Gasteiger partial charge in [0.15, 0.2) is 0 Å². The molecule has 26 heavy (non-hydrogen) atoms. The molecule has 3 rings (SSSR count). The fraction of sp³-hybridized carbons (Fsp3) is 0.250. The molecule has 5 nitrogen and oxygen atoms in total. The molecule has 3 aromatic rings. The van der Waals surface area contributed by atoms with Crippen molar-refractivity contribution in [2.24, 2.45) is 7.05 Å². The first-order valence-corrected chi connectivity index (χ1v) is 8.47. The number of carbonyl (C=O) groups is 1. The average molecular weight is 352 g/mol. The number of aromatic nitrogens is 3. The first kappa shape index (κ1) is 17.8. The number of carbonyl (C=O) groups excluding carboxylic acids is 1. The van der Waals surface area contributed by atoms with E-state index in [2.05, 4.69) is 15.4 Å². The zero-order chi connectivity index (χ0) is 18.5. The third kappa shape index (κ3) is 4.33. The van der Waals surface area contributed by atoms with Crippen LogP contribution in [0.2, 0.25) is 0 Å². The van der Waals surface area contributed by atoms with Gasteiger partial charge in [-0.25, -0.2) is 4.39 Å². The van der Waals surface area contributed by atoms with Crippen molar-refractivity contribution in [1.29, 1.82) is 0 Å². The Morgan fingerprint density at radius 3 is 2.77 bits per heavy atom. The Balaban J connectivity index is 1.54. The highest BCUT2D eigenvalue weighted by Crippen LogP contribution is 2.18. The molecule has 1 aromatic carbocycles. The lowest BCUT2D eigenvalue weighted by Crippen LogP contribution is -2.23. The lowest BCUT2D eigenvalue weighted by Gasteiger charge is -2.08. The molecule has 0 saturated heterocycles. The molecular formula is C20H21FN4O. The van der Waals surface area contributed by atoms with Crippen molar-refractivity contribution in [3.63, 3.8) is 0 Å². The highest BCUT2D eigenvalue weighted by atomic mass is 19.1. The summed E-state index contributed by atoms with van der Waals surface area (Å²) >= 11 is 0. The van der Waals surface area contributed by atoms with Gasteiger partial charge in [-0.15, -0.1) is 0 Å². The van der Waals surface area contributed by atoms with Crippen LogP contribution in [0.3, 0.4) is 0 Å². The van der Waals surface area contributed by atoms with Crippen LogP contribution in [0.25, 0.3) is 11.3 Å². The van der Waals surface area contributed by atoms with E-state index in [0.29, 0.717) is 24.9 Å². The number of nitrogens with one attached hydrogen (secondary N) is 1. The molecule has 134 valence electrons. The van der Waals surface area contributed by atoms with Gasteiger partial charge in [-0.2, -0.15) is 5.10 Å². The number of amides is 1. The molecule has 1 amide bonds. The zero-order valence-corrected chi connectivity index (χ0v) is 14.9. The van der Waals surface area contributed by atoms with Crippen LogP contribution in [-0.2, 0) is 24.8 Å². The Morgan fingerprint density at radius 2 is 2.04 bits per heavy atom. The first-order valence-electron chi connectivity index (χ1n) is 8.47. The van der Waals surface area contributed by atoms with E-state index in [4.69, 9.17) is 0 Å². The fourth-order valence-corrected chi connectivity index (χ4v) is 2.79. The second-order valence-electron chi connectivity index (χ2n) is 6.28. The minimum Gasteiger partial charge on any atom is -0.352 e. The molecule has 0 saturated carbocycles. The van der Waals surface area contributed by atoms with Crippen LogP contribution >= 0.6 is 0 Å². The molecule has 0 aliphatic heterocycles. The number of pyridine rings is 1. The van der Waals surface area contributed by atoms with Crippen molar-refractivity contribution in [1.82, 2.24) is 20.1 Å². The summed E-state index contributed by atoms with van der Waals surface area (Å²) in [6.45, 7) is 2.14. The average Bonchev–Trinajstić information content (AvgIpc) is 3.07. The van der Waals surface area contributed by atoms with E-state index in [9.17, 15) is 9.18 Å². The monoisotopic (exact) mass is 352 g/mol. The van der Waals surface area contributed by atoms with Gasteiger partial charge in [-0.3, -0.25) is 14.5 Å². The summed E-state index contributed by atoms with van der Waals surface area (Å²) in [5.41, 5.74) is 4.41. The van der Waals surface area contributed by atoms with E-state index in [1.807, 2.05) is 19.2 Å². The van der Waals surface area contributed by atoms with Gasteiger partial charge in [0.25, 0.3) is 0 Å². The Labute approximate surface area is 151 Å². The van der Waals surface area contributed by atoms with Gasteiger partial charge in [0.1, 0.15) is 5.82 Å². The molecule has 0 spiro atoms. The molecule has 0 fully saturated rings. The number of aryl methyl sites for hydroxylation is 3. The maximum atomic E-state index is 13.3. The Morgan fingerprint density at radius 1 is 1.19 bits per heavy atom. The van der Waals surface area contributed by atoms with Crippen LogP contribution < -0.4 is 5.32 Å². The van der Waals surface area contributed by atoms with Gasteiger partial charge in [0.05, 0.1) is 5.69 Å². The van der Waals surface area contributed by atoms with Crippen molar-refractivity contribution in [2.45, 2.75) is 26.3 Å². The molecule has 6 heteroatoms. The molecule has 0 bridgehead atoms. The summed E-state index contributed by atoms with van der Waals surface area (Å²) in [6, 6.07) is 8.86. The molecule has 2 aromatic heterocycles. The second-order valence-corrected chi connectivity index (χ2v) is 6.28. The van der Waals surface area contributed by atoms with Crippen molar-refractivity contribution in [2.75, 3.05) is 0 Å². The number of rotatable bonds is 6. The predicted molar refractivity (Wildman–Crippen MR) is 97.7 cm³/mol. The maximum absolute atomic E-state index is 13.3. The number of nitrogens with zero attached hydrogens (tertiary/aromatic N) is 3. The van der Waals surface area contributed by atoms with Crippen LogP contribution in [0, 0.1) is 12.7 Å². The quantitative estimate of drug-likeness (QED) is 0.741. The molecule has 0 aliphatic rings. The molecule has 0 aliphatic carbocycles. The summed E-state index contributed by atoms with van der Waals surface area (Å²) in [4.78, 5) is 16.3. The minimum atomic E-state index is -0.223. The van der Waals surface area contributed by atoms with Crippen molar-refractivity contribution in [3.05, 3.63) is 71.4 Å². The Kier molecular flexibility index (Phi) is 5.41. The predicted octanol–water partition coefficient (Wildman–Crippen LogP) is 3.18.